The van der Waals surface area contributed by atoms with E-state index in [0.29, 0.717) is 12.1 Å². The third kappa shape index (κ3) is 3.13. The van der Waals surface area contributed by atoms with E-state index in [2.05, 4.69) is 15.6 Å². The summed E-state index contributed by atoms with van der Waals surface area (Å²) in [5.74, 6) is -0.815. The lowest BCUT2D eigenvalue weighted by Crippen LogP contribution is -2.44. The summed E-state index contributed by atoms with van der Waals surface area (Å²) in [6, 6.07) is 6.72. The van der Waals surface area contributed by atoms with E-state index in [0.717, 1.165) is 21.1 Å². The van der Waals surface area contributed by atoms with E-state index in [9.17, 15) is 14.4 Å². The van der Waals surface area contributed by atoms with Gasteiger partial charge in [-0.25, -0.2) is 9.78 Å². The summed E-state index contributed by atoms with van der Waals surface area (Å²) in [4.78, 5) is 43.1. The monoisotopic (exact) mass is 397 g/mol. The fraction of sp³-hybridized carbons (Fsp3) is 0.263. The molecule has 1 saturated heterocycles. The molecule has 1 aromatic carbocycles. The summed E-state index contributed by atoms with van der Waals surface area (Å²) < 4.78 is 1.96. The quantitative estimate of drug-likeness (QED) is 0.647. The first-order valence-electron chi connectivity index (χ1n) is 8.86. The number of hydrogen-bond donors (Lipinski definition) is 2. The fourth-order valence-corrected chi connectivity index (χ4v) is 3.77. The molecule has 1 fully saturated rings. The van der Waals surface area contributed by atoms with Crippen LogP contribution in [0.3, 0.4) is 0 Å². The fourth-order valence-electron chi connectivity index (χ4n) is 3.07. The third-order valence-electron chi connectivity index (χ3n) is 4.91. The van der Waals surface area contributed by atoms with Gasteiger partial charge in [0.15, 0.2) is 4.96 Å². The average Bonchev–Trinajstić information content (AvgIpc) is 3.32. The zero-order valence-corrected chi connectivity index (χ0v) is 16.2. The van der Waals surface area contributed by atoms with Gasteiger partial charge < -0.3 is 10.6 Å². The van der Waals surface area contributed by atoms with Crippen LogP contribution < -0.4 is 10.6 Å². The van der Waals surface area contributed by atoms with Gasteiger partial charge in [0, 0.05) is 29.0 Å². The Labute approximate surface area is 165 Å². The highest BCUT2D eigenvalue weighted by molar-refractivity contribution is 7.15. The minimum Gasteiger partial charge on any atom is -0.325 e. The van der Waals surface area contributed by atoms with Crippen molar-refractivity contribution in [2.24, 2.45) is 0 Å². The number of urea groups is 1. The highest BCUT2D eigenvalue weighted by Crippen LogP contribution is 2.24. The molecule has 1 unspecified atom stereocenters. The zero-order valence-electron chi connectivity index (χ0n) is 15.4. The Kier molecular flexibility index (Phi) is 4.38. The first kappa shape index (κ1) is 18.2. The number of imide groups is 1. The van der Waals surface area contributed by atoms with Gasteiger partial charge in [-0.15, -0.1) is 11.3 Å². The number of amides is 4. The molecular formula is C19H19N5O3S. The van der Waals surface area contributed by atoms with Gasteiger partial charge >= 0.3 is 6.03 Å². The number of rotatable bonds is 5. The standard InChI is InChI=1S/C19H19N5O3S/c1-3-19(2)16(26)24(17(27)22-19)11-15(25)20-13-6-4-12(5-7-13)14-10-23-8-9-28-18(23)21-14/h4-10H,3,11H2,1-2H3,(H,20,25)(H,22,27). The van der Waals surface area contributed by atoms with Crippen molar-refractivity contribution in [3.63, 3.8) is 0 Å². The highest BCUT2D eigenvalue weighted by Gasteiger charge is 2.46. The van der Waals surface area contributed by atoms with E-state index in [1.807, 2.05) is 41.2 Å². The molecule has 0 saturated carbocycles. The van der Waals surface area contributed by atoms with Crippen molar-refractivity contribution in [3.05, 3.63) is 42.0 Å². The maximum atomic E-state index is 12.4. The van der Waals surface area contributed by atoms with Gasteiger partial charge in [-0.05, 0) is 25.5 Å². The van der Waals surface area contributed by atoms with Crippen LogP contribution in [0.1, 0.15) is 20.3 Å². The first-order chi connectivity index (χ1) is 13.4. The molecule has 0 bridgehead atoms. The summed E-state index contributed by atoms with van der Waals surface area (Å²) in [6.45, 7) is 3.15. The van der Waals surface area contributed by atoms with Crippen molar-refractivity contribution in [1.29, 1.82) is 0 Å². The van der Waals surface area contributed by atoms with Crippen LogP contribution in [-0.2, 0) is 9.59 Å². The zero-order chi connectivity index (χ0) is 19.9. The number of fused-ring (bicyclic) bond motifs is 1. The molecular weight excluding hydrogens is 378 g/mol. The van der Waals surface area contributed by atoms with E-state index in [1.165, 1.54) is 0 Å². The van der Waals surface area contributed by atoms with Gasteiger partial charge in [0.2, 0.25) is 5.91 Å². The van der Waals surface area contributed by atoms with E-state index < -0.39 is 17.5 Å². The van der Waals surface area contributed by atoms with Crippen LogP contribution in [0.4, 0.5) is 10.5 Å². The Balaban J connectivity index is 1.42. The molecule has 3 heterocycles. The van der Waals surface area contributed by atoms with Gasteiger partial charge in [-0.1, -0.05) is 19.1 Å². The number of aromatic nitrogens is 2. The number of carbonyl (C=O) groups excluding carboxylic acids is 3. The Morgan fingerprint density at radius 1 is 1.29 bits per heavy atom. The molecule has 8 nitrogen and oxygen atoms in total. The average molecular weight is 397 g/mol. The van der Waals surface area contributed by atoms with Crippen LogP contribution in [0.15, 0.2) is 42.0 Å². The Hall–Kier alpha value is -3.20. The van der Waals surface area contributed by atoms with E-state index in [1.54, 1.807) is 30.4 Å². The minimum atomic E-state index is -0.947. The summed E-state index contributed by atoms with van der Waals surface area (Å²) in [7, 11) is 0. The summed E-state index contributed by atoms with van der Waals surface area (Å²) in [6.07, 6.45) is 4.36. The molecule has 1 atom stereocenters. The predicted molar refractivity (Wildman–Crippen MR) is 106 cm³/mol. The first-order valence-corrected chi connectivity index (χ1v) is 9.74. The SMILES string of the molecule is CCC1(C)NC(=O)N(CC(=O)Nc2ccc(-c3cn4ccsc4n3)cc2)C1=O. The molecule has 9 heteroatoms. The molecule has 1 aliphatic rings. The van der Waals surface area contributed by atoms with Crippen molar-refractivity contribution < 1.29 is 14.4 Å². The van der Waals surface area contributed by atoms with Crippen LogP contribution in [0, 0.1) is 0 Å². The molecule has 0 spiro atoms. The van der Waals surface area contributed by atoms with Gasteiger partial charge in [0.1, 0.15) is 12.1 Å². The number of anilines is 1. The molecule has 0 radical (unpaired) electrons. The lowest BCUT2D eigenvalue weighted by molar-refractivity contribution is -0.133. The summed E-state index contributed by atoms with van der Waals surface area (Å²) in [5, 5.41) is 7.32. The second-order valence-corrected chi connectivity index (χ2v) is 7.72. The normalized spacial score (nSPS) is 19.3. The smallest absolute Gasteiger partial charge is 0.325 e. The van der Waals surface area contributed by atoms with Crippen LogP contribution in [0.5, 0.6) is 0 Å². The molecule has 4 amide bonds. The molecule has 2 N–H and O–H groups in total. The largest absolute Gasteiger partial charge is 0.325 e. The van der Waals surface area contributed by atoms with Gasteiger partial charge in [-0.2, -0.15) is 0 Å². The second kappa shape index (κ2) is 6.75. The molecule has 2 aromatic heterocycles. The Morgan fingerprint density at radius 3 is 2.68 bits per heavy atom. The van der Waals surface area contributed by atoms with Crippen LogP contribution in [-0.4, -0.2) is 44.2 Å². The van der Waals surface area contributed by atoms with Gasteiger partial charge in [0.05, 0.1) is 5.69 Å². The summed E-state index contributed by atoms with van der Waals surface area (Å²) >= 11 is 1.56. The number of benzene rings is 1. The van der Waals surface area contributed by atoms with Crippen LogP contribution in [0.2, 0.25) is 0 Å². The molecule has 1 aliphatic heterocycles. The lowest BCUT2D eigenvalue weighted by Gasteiger charge is -2.19. The number of hydrogen-bond acceptors (Lipinski definition) is 5. The van der Waals surface area contributed by atoms with E-state index in [4.69, 9.17) is 0 Å². The summed E-state index contributed by atoms with van der Waals surface area (Å²) in [5.41, 5.74) is 1.42. The number of nitrogens with one attached hydrogen (secondary N) is 2. The van der Waals surface area contributed by atoms with Crippen molar-refractivity contribution in [1.82, 2.24) is 19.6 Å². The molecule has 3 aromatic rings. The molecule has 0 aliphatic carbocycles. The van der Waals surface area contributed by atoms with E-state index in [-0.39, 0.29) is 12.5 Å². The lowest BCUT2D eigenvalue weighted by atomic mass is 9.99. The minimum absolute atomic E-state index is 0.320. The number of thiazole rings is 1. The maximum Gasteiger partial charge on any atom is 0.325 e. The van der Waals surface area contributed by atoms with E-state index >= 15 is 0 Å². The predicted octanol–water partition coefficient (Wildman–Crippen LogP) is 2.72. The van der Waals surface area contributed by atoms with Crippen molar-refractivity contribution >= 4 is 39.8 Å². The Morgan fingerprint density at radius 2 is 2.04 bits per heavy atom. The van der Waals surface area contributed by atoms with Crippen LogP contribution >= 0.6 is 11.3 Å². The van der Waals surface area contributed by atoms with Crippen molar-refractivity contribution in [3.8, 4) is 11.3 Å². The van der Waals surface area contributed by atoms with Gasteiger partial charge in [-0.3, -0.25) is 18.9 Å². The second-order valence-electron chi connectivity index (χ2n) is 6.85. The topological polar surface area (TPSA) is 95.8 Å². The van der Waals surface area contributed by atoms with Gasteiger partial charge in [0.25, 0.3) is 5.91 Å². The van der Waals surface area contributed by atoms with Crippen LogP contribution in [0.25, 0.3) is 16.2 Å². The third-order valence-corrected chi connectivity index (χ3v) is 5.68. The molecule has 28 heavy (non-hydrogen) atoms. The van der Waals surface area contributed by atoms with Crippen molar-refractivity contribution in [2.45, 2.75) is 25.8 Å². The highest BCUT2D eigenvalue weighted by atomic mass is 32.1. The molecule has 4 rings (SSSR count). The number of imidazole rings is 1. The number of carbonyl (C=O) groups is 3. The maximum absolute atomic E-state index is 12.4. The van der Waals surface area contributed by atoms with Crippen molar-refractivity contribution in [2.75, 3.05) is 11.9 Å². The number of nitrogens with zero attached hydrogens (tertiary/aromatic N) is 3. The Bertz CT molecular complexity index is 1040. The molecule has 144 valence electrons.